The second-order valence-electron chi connectivity index (χ2n) is 2.70. The topological polar surface area (TPSA) is 47.6 Å². The maximum Gasteiger partial charge on any atom is 0.281 e. The van der Waals surface area contributed by atoms with Crippen molar-refractivity contribution >= 4 is 17.5 Å². The van der Waals surface area contributed by atoms with Gasteiger partial charge in [0, 0.05) is 5.02 Å². The minimum atomic E-state index is -0.327. The van der Waals surface area contributed by atoms with Gasteiger partial charge in [-0.15, -0.1) is 0 Å². The number of ether oxygens (including phenoxy) is 1. The molecule has 0 aromatic heterocycles. The number of halogens is 1. The van der Waals surface area contributed by atoms with Gasteiger partial charge in [-0.3, -0.25) is 9.63 Å². The van der Waals surface area contributed by atoms with Gasteiger partial charge >= 0.3 is 0 Å². The van der Waals surface area contributed by atoms with E-state index in [1.807, 2.05) is 0 Å². The molecule has 0 heterocycles. The first-order valence-corrected chi connectivity index (χ1v) is 4.89. The van der Waals surface area contributed by atoms with E-state index in [4.69, 9.17) is 21.2 Å². The van der Waals surface area contributed by atoms with Crippen molar-refractivity contribution in [3.63, 3.8) is 0 Å². The summed E-state index contributed by atoms with van der Waals surface area (Å²) >= 11 is 5.69. The van der Waals surface area contributed by atoms with E-state index >= 15 is 0 Å². The summed E-state index contributed by atoms with van der Waals surface area (Å²) in [6.07, 6.45) is 0. The van der Waals surface area contributed by atoms with E-state index in [0.29, 0.717) is 17.4 Å². The molecule has 1 N–H and O–H groups in total. The van der Waals surface area contributed by atoms with Crippen LogP contribution in [0.4, 0.5) is 0 Å². The fourth-order valence-corrected chi connectivity index (χ4v) is 0.988. The summed E-state index contributed by atoms with van der Waals surface area (Å²) in [7, 11) is 0. The Balaban J connectivity index is 2.30. The van der Waals surface area contributed by atoms with E-state index in [0.717, 1.165) is 0 Å². The molecule has 0 spiro atoms. The molecule has 1 amide bonds. The van der Waals surface area contributed by atoms with Crippen LogP contribution in [-0.4, -0.2) is 19.1 Å². The molecule has 0 aliphatic carbocycles. The molecule has 1 aromatic rings. The molecule has 0 unspecified atom stereocenters. The van der Waals surface area contributed by atoms with Crippen LogP contribution in [0.2, 0.25) is 5.02 Å². The van der Waals surface area contributed by atoms with Gasteiger partial charge in [0.05, 0.1) is 6.61 Å². The van der Waals surface area contributed by atoms with Gasteiger partial charge in [-0.05, 0) is 31.2 Å². The number of rotatable bonds is 5. The van der Waals surface area contributed by atoms with Crippen molar-refractivity contribution in [2.75, 3.05) is 13.2 Å². The van der Waals surface area contributed by atoms with Gasteiger partial charge in [0.2, 0.25) is 0 Å². The molecule has 0 bridgehead atoms. The highest BCUT2D eigenvalue weighted by Gasteiger charge is 2.01. The molecular formula is C10H12ClNO3. The minimum Gasteiger partial charge on any atom is -0.484 e. The van der Waals surface area contributed by atoms with Crippen LogP contribution in [0, 0.1) is 0 Å². The number of nitrogens with one attached hydrogen (secondary N) is 1. The molecule has 15 heavy (non-hydrogen) atoms. The first-order chi connectivity index (χ1) is 7.22. The zero-order valence-electron chi connectivity index (χ0n) is 8.33. The molecule has 0 aliphatic heterocycles. The molecular weight excluding hydrogens is 218 g/mol. The van der Waals surface area contributed by atoms with E-state index in [1.165, 1.54) is 0 Å². The average molecular weight is 230 g/mol. The van der Waals surface area contributed by atoms with Crippen molar-refractivity contribution in [3.05, 3.63) is 29.3 Å². The first-order valence-electron chi connectivity index (χ1n) is 4.51. The molecule has 82 valence electrons. The largest absolute Gasteiger partial charge is 0.484 e. The third kappa shape index (κ3) is 4.67. The highest BCUT2D eigenvalue weighted by molar-refractivity contribution is 6.30. The van der Waals surface area contributed by atoms with Gasteiger partial charge in [-0.2, -0.15) is 0 Å². The maximum atomic E-state index is 11.1. The third-order valence-corrected chi connectivity index (χ3v) is 1.77. The smallest absolute Gasteiger partial charge is 0.281 e. The van der Waals surface area contributed by atoms with Gasteiger partial charge in [0.25, 0.3) is 5.91 Å². The number of hydroxylamine groups is 1. The van der Waals surface area contributed by atoms with E-state index in [1.54, 1.807) is 31.2 Å². The number of carbonyl (C=O) groups excluding carboxylic acids is 1. The molecule has 0 fully saturated rings. The zero-order chi connectivity index (χ0) is 11.1. The fourth-order valence-electron chi connectivity index (χ4n) is 0.862. The van der Waals surface area contributed by atoms with Crippen LogP contribution in [0.1, 0.15) is 6.92 Å². The Morgan fingerprint density at radius 1 is 1.40 bits per heavy atom. The molecule has 0 radical (unpaired) electrons. The van der Waals surface area contributed by atoms with Gasteiger partial charge in [0.15, 0.2) is 6.61 Å². The third-order valence-electron chi connectivity index (χ3n) is 1.51. The summed E-state index contributed by atoms with van der Waals surface area (Å²) < 4.78 is 5.17. The Hall–Kier alpha value is -1.26. The summed E-state index contributed by atoms with van der Waals surface area (Å²) in [5, 5.41) is 0.626. The van der Waals surface area contributed by atoms with Crippen molar-refractivity contribution in [3.8, 4) is 5.75 Å². The highest BCUT2D eigenvalue weighted by atomic mass is 35.5. The zero-order valence-corrected chi connectivity index (χ0v) is 9.08. The molecule has 0 aliphatic rings. The lowest BCUT2D eigenvalue weighted by atomic mass is 10.3. The number of hydrogen-bond acceptors (Lipinski definition) is 3. The Kier molecular flexibility index (Phi) is 4.93. The second kappa shape index (κ2) is 6.27. The van der Waals surface area contributed by atoms with Crippen molar-refractivity contribution in [2.45, 2.75) is 6.92 Å². The Labute approximate surface area is 93.1 Å². The summed E-state index contributed by atoms with van der Waals surface area (Å²) in [5.74, 6) is 0.262. The summed E-state index contributed by atoms with van der Waals surface area (Å²) in [6, 6.07) is 6.77. The predicted molar refractivity (Wildman–Crippen MR) is 56.7 cm³/mol. The standard InChI is InChI=1S/C10H12ClNO3/c1-2-15-12-10(13)7-14-9-5-3-8(11)4-6-9/h3-6H,2,7H2,1H3,(H,12,13). The lowest BCUT2D eigenvalue weighted by Gasteiger charge is -2.06. The van der Waals surface area contributed by atoms with E-state index in [2.05, 4.69) is 5.48 Å². The lowest BCUT2D eigenvalue weighted by molar-refractivity contribution is -0.135. The number of carbonyl (C=O) groups is 1. The van der Waals surface area contributed by atoms with Crippen LogP contribution in [-0.2, 0) is 9.63 Å². The highest BCUT2D eigenvalue weighted by Crippen LogP contribution is 2.15. The van der Waals surface area contributed by atoms with Gasteiger partial charge in [-0.25, -0.2) is 5.48 Å². The van der Waals surface area contributed by atoms with Crippen LogP contribution in [0.3, 0.4) is 0 Å². The normalized spacial score (nSPS) is 9.73. The lowest BCUT2D eigenvalue weighted by Crippen LogP contribution is -2.28. The van der Waals surface area contributed by atoms with Crippen LogP contribution in [0.15, 0.2) is 24.3 Å². The molecule has 4 nitrogen and oxygen atoms in total. The van der Waals surface area contributed by atoms with Crippen molar-refractivity contribution < 1.29 is 14.4 Å². The fraction of sp³-hybridized carbons (Fsp3) is 0.300. The van der Waals surface area contributed by atoms with Crippen molar-refractivity contribution in [1.29, 1.82) is 0 Å². The van der Waals surface area contributed by atoms with Gasteiger partial charge in [-0.1, -0.05) is 11.6 Å². The van der Waals surface area contributed by atoms with Crippen LogP contribution < -0.4 is 10.2 Å². The molecule has 5 heteroatoms. The van der Waals surface area contributed by atoms with Crippen LogP contribution in [0.5, 0.6) is 5.75 Å². The van der Waals surface area contributed by atoms with Crippen molar-refractivity contribution in [2.24, 2.45) is 0 Å². The first kappa shape index (κ1) is 11.8. The van der Waals surface area contributed by atoms with Crippen LogP contribution >= 0.6 is 11.6 Å². The Morgan fingerprint density at radius 2 is 2.07 bits per heavy atom. The monoisotopic (exact) mass is 229 g/mol. The maximum absolute atomic E-state index is 11.1. The number of hydrogen-bond donors (Lipinski definition) is 1. The van der Waals surface area contributed by atoms with E-state index in [-0.39, 0.29) is 12.5 Å². The van der Waals surface area contributed by atoms with E-state index < -0.39 is 0 Å². The van der Waals surface area contributed by atoms with Gasteiger partial charge in [0.1, 0.15) is 5.75 Å². The Bertz CT molecular complexity index is 313. The van der Waals surface area contributed by atoms with Crippen LogP contribution in [0.25, 0.3) is 0 Å². The average Bonchev–Trinajstić information content (AvgIpc) is 2.25. The number of amides is 1. The Morgan fingerprint density at radius 3 is 2.67 bits per heavy atom. The molecule has 0 atom stereocenters. The number of benzene rings is 1. The summed E-state index contributed by atoms with van der Waals surface area (Å²) in [6.45, 7) is 2.12. The van der Waals surface area contributed by atoms with Gasteiger partial charge < -0.3 is 4.74 Å². The summed E-state index contributed by atoms with van der Waals surface area (Å²) in [5.41, 5.74) is 2.22. The van der Waals surface area contributed by atoms with Crippen molar-refractivity contribution in [1.82, 2.24) is 5.48 Å². The minimum absolute atomic E-state index is 0.0817. The molecule has 1 rings (SSSR count). The van der Waals surface area contributed by atoms with E-state index in [9.17, 15) is 4.79 Å². The second-order valence-corrected chi connectivity index (χ2v) is 3.14. The SMILES string of the molecule is CCONC(=O)COc1ccc(Cl)cc1. The molecule has 0 saturated carbocycles. The quantitative estimate of drug-likeness (QED) is 0.783. The molecule has 1 aromatic carbocycles. The summed E-state index contributed by atoms with van der Waals surface area (Å²) in [4.78, 5) is 15.8. The molecule has 0 saturated heterocycles. The predicted octanol–water partition coefficient (Wildman–Crippen LogP) is 1.79.